The van der Waals surface area contributed by atoms with E-state index in [9.17, 15) is 0 Å². The molecule has 17 heavy (non-hydrogen) atoms. The van der Waals surface area contributed by atoms with Crippen molar-refractivity contribution in [2.75, 3.05) is 0 Å². The minimum absolute atomic E-state index is 0.0568. The molecule has 1 atom stereocenters. The summed E-state index contributed by atoms with van der Waals surface area (Å²) in [7, 11) is 0. The zero-order valence-electron chi connectivity index (χ0n) is 10.9. The van der Waals surface area contributed by atoms with E-state index in [1.54, 1.807) is 0 Å². The lowest BCUT2D eigenvalue weighted by Gasteiger charge is -2.12. The molecule has 0 radical (unpaired) electrons. The van der Waals surface area contributed by atoms with Gasteiger partial charge in [0.1, 0.15) is 0 Å². The van der Waals surface area contributed by atoms with Gasteiger partial charge < -0.3 is 5.11 Å². The fraction of sp³-hybridized carbons (Fsp3) is 0.667. The molecule has 1 aromatic heterocycles. The number of hydrogen-bond acceptors (Lipinski definition) is 2. The predicted octanol–water partition coefficient (Wildman–Crippen LogP) is 3.43. The van der Waals surface area contributed by atoms with Gasteiger partial charge >= 0.3 is 0 Å². The maximum atomic E-state index is 9.17. The average Bonchev–Trinajstić information content (AvgIpc) is 3.19. The second-order valence-electron chi connectivity index (χ2n) is 5.36. The first-order valence-corrected chi connectivity index (χ1v) is 6.83. The number of aryl methyl sites for hydroxylation is 1. The van der Waals surface area contributed by atoms with Crippen molar-refractivity contribution in [2.45, 2.75) is 58.5 Å². The fourth-order valence-electron chi connectivity index (χ4n) is 2.23. The van der Waals surface area contributed by atoms with E-state index >= 15 is 0 Å². The van der Waals surface area contributed by atoms with E-state index in [1.165, 1.54) is 36.8 Å². The first kappa shape index (κ1) is 12.6. The number of aliphatic hydroxyl groups is 1. The highest BCUT2D eigenvalue weighted by molar-refractivity contribution is 5.32. The Labute approximate surface area is 104 Å². The van der Waals surface area contributed by atoms with Gasteiger partial charge in [-0.2, -0.15) is 0 Å². The van der Waals surface area contributed by atoms with Crippen LogP contribution in [-0.4, -0.2) is 10.1 Å². The Morgan fingerprint density at radius 3 is 2.82 bits per heavy atom. The molecule has 0 aliphatic heterocycles. The van der Waals surface area contributed by atoms with Gasteiger partial charge in [-0.05, 0) is 54.7 Å². The summed E-state index contributed by atoms with van der Waals surface area (Å²) < 4.78 is 0. The van der Waals surface area contributed by atoms with Crippen molar-refractivity contribution >= 4 is 0 Å². The van der Waals surface area contributed by atoms with E-state index < -0.39 is 0 Å². The average molecular weight is 233 g/mol. The lowest BCUT2D eigenvalue weighted by molar-refractivity contribution is 0.276. The largest absolute Gasteiger partial charge is 0.390 e. The number of rotatable bonds is 6. The summed E-state index contributed by atoms with van der Waals surface area (Å²) >= 11 is 0. The first-order valence-electron chi connectivity index (χ1n) is 6.83. The van der Waals surface area contributed by atoms with Crippen LogP contribution in [0.3, 0.4) is 0 Å². The highest BCUT2D eigenvalue weighted by atomic mass is 16.3. The molecule has 1 N–H and O–H groups in total. The summed E-state index contributed by atoms with van der Waals surface area (Å²) in [4.78, 5) is 4.32. The number of aromatic nitrogens is 1. The van der Waals surface area contributed by atoms with Gasteiger partial charge in [-0.3, -0.25) is 4.98 Å². The zero-order chi connectivity index (χ0) is 12.3. The van der Waals surface area contributed by atoms with Crippen molar-refractivity contribution in [3.05, 3.63) is 29.1 Å². The van der Waals surface area contributed by atoms with E-state index in [1.807, 2.05) is 6.20 Å². The Kier molecular flexibility index (Phi) is 4.16. The molecule has 2 rings (SSSR count). The molecule has 0 bridgehead atoms. The number of pyridine rings is 1. The molecule has 1 aromatic rings. The lowest BCUT2D eigenvalue weighted by Crippen LogP contribution is -2.01. The molecule has 1 unspecified atom stereocenters. The third kappa shape index (κ3) is 3.29. The molecule has 0 amide bonds. The van der Waals surface area contributed by atoms with Crippen LogP contribution >= 0.6 is 0 Å². The maximum Gasteiger partial charge on any atom is 0.0853 e. The highest BCUT2D eigenvalue weighted by Crippen LogP contribution is 2.41. The van der Waals surface area contributed by atoms with Gasteiger partial charge in [0.05, 0.1) is 12.3 Å². The molecule has 0 spiro atoms. The third-order valence-corrected chi connectivity index (χ3v) is 3.86. The second kappa shape index (κ2) is 5.63. The molecular formula is C15H23NO. The number of aliphatic hydroxyl groups excluding tert-OH is 1. The van der Waals surface area contributed by atoms with E-state index in [0.29, 0.717) is 0 Å². The Hall–Kier alpha value is -0.890. The van der Waals surface area contributed by atoms with Crippen molar-refractivity contribution in [1.29, 1.82) is 0 Å². The Bertz CT molecular complexity index is 371. The standard InChI is InChI=1S/C15H23NO/c1-3-11(2)4-5-13-8-14(10-17)16-9-15(13)12-6-7-12/h8-9,11-12,17H,3-7,10H2,1-2H3. The van der Waals surface area contributed by atoms with Gasteiger partial charge in [0.2, 0.25) is 0 Å². The quantitative estimate of drug-likeness (QED) is 0.816. The van der Waals surface area contributed by atoms with Gasteiger partial charge in [0.15, 0.2) is 0 Å². The minimum atomic E-state index is 0.0568. The van der Waals surface area contributed by atoms with E-state index in [2.05, 4.69) is 24.9 Å². The van der Waals surface area contributed by atoms with Crippen molar-refractivity contribution in [1.82, 2.24) is 4.98 Å². The van der Waals surface area contributed by atoms with E-state index in [4.69, 9.17) is 5.11 Å². The molecule has 1 fully saturated rings. The summed E-state index contributed by atoms with van der Waals surface area (Å²) in [5, 5.41) is 9.17. The number of hydrogen-bond donors (Lipinski definition) is 1. The second-order valence-corrected chi connectivity index (χ2v) is 5.36. The monoisotopic (exact) mass is 233 g/mol. The van der Waals surface area contributed by atoms with Crippen molar-refractivity contribution in [3.8, 4) is 0 Å². The predicted molar refractivity (Wildman–Crippen MR) is 69.9 cm³/mol. The third-order valence-electron chi connectivity index (χ3n) is 3.86. The molecule has 0 saturated heterocycles. The Morgan fingerprint density at radius 2 is 2.24 bits per heavy atom. The lowest BCUT2D eigenvalue weighted by atomic mass is 9.95. The van der Waals surface area contributed by atoms with Crippen LogP contribution in [0.25, 0.3) is 0 Å². The van der Waals surface area contributed by atoms with Crippen LogP contribution in [0.15, 0.2) is 12.3 Å². The molecule has 1 aliphatic rings. The fourth-order valence-corrected chi connectivity index (χ4v) is 2.23. The number of nitrogens with zero attached hydrogens (tertiary/aromatic N) is 1. The van der Waals surface area contributed by atoms with Gasteiger partial charge in [0, 0.05) is 6.20 Å². The van der Waals surface area contributed by atoms with Gasteiger partial charge in [-0.25, -0.2) is 0 Å². The summed E-state index contributed by atoms with van der Waals surface area (Å²) in [6.07, 6.45) is 8.25. The van der Waals surface area contributed by atoms with Crippen molar-refractivity contribution < 1.29 is 5.11 Å². The van der Waals surface area contributed by atoms with Crippen LogP contribution in [0.2, 0.25) is 0 Å². The van der Waals surface area contributed by atoms with Crippen LogP contribution in [0, 0.1) is 5.92 Å². The maximum absolute atomic E-state index is 9.17. The van der Waals surface area contributed by atoms with Crippen molar-refractivity contribution in [2.24, 2.45) is 5.92 Å². The van der Waals surface area contributed by atoms with Gasteiger partial charge in [-0.1, -0.05) is 20.3 Å². The first-order chi connectivity index (χ1) is 8.24. The van der Waals surface area contributed by atoms with Crippen LogP contribution in [-0.2, 0) is 13.0 Å². The van der Waals surface area contributed by atoms with E-state index in [0.717, 1.165) is 24.0 Å². The summed E-state index contributed by atoms with van der Waals surface area (Å²) in [6.45, 7) is 4.62. The molecule has 1 aliphatic carbocycles. The summed E-state index contributed by atoms with van der Waals surface area (Å²) in [6, 6.07) is 2.11. The van der Waals surface area contributed by atoms with Crippen molar-refractivity contribution in [3.63, 3.8) is 0 Å². The minimum Gasteiger partial charge on any atom is -0.390 e. The highest BCUT2D eigenvalue weighted by Gasteiger charge is 2.26. The SMILES string of the molecule is CCC(C)CCc1cc(CO)ncc1C1CC1. The smallest absolute Gasteiger partial charge is 0.0853 e. The molecule has 94 valence electrons. The van der Waals surface area contributed by atoms with Crippen LogP contribution in [0.4, 0.5) is 0 Å². The molecule has 0 aromatic carbocycles. The molecule has 2 heteroatoms. The zero-order valence-corrected chi connectivity index (χ0v) is 10.9. The van der Waals surface area contributed by atoms with Crippen LogP contribution < -0.4 is 0 Å². The van der Waals surface area contributed by atoms with Gasteiger partial charge in [0.25, 0.3) is 0 Å². The van der Waals surface area contributed by atoms with E-state index in [-0.39, 0.29) is 6.61 Å². The summed E-state index contributed by atoms with van der Waals surface area (Å²) in [5.74, 6) is 1.54. The molecule has 2 nitrogen and oxygen atoms in total. The summed E-state index contributed by atoms with van der Waals surface area (Å²) in [5.41, 5.74) is 3.67. The Morgan fingerprint density at radius 1 is 1.47 bits per heavy atom. The molecule has 1 heterocycles. The normalized spacial score (nSPS) is 17.1. The van der Waals surface area contributed by atoms with Crippen LogP contribution in [0.1, 0.15) is 62.3 Å². The molecular weight excluding hydrogens is 210 g/mol. The van der Waals surface area contributed by atoms with Gasteiger partial charge in [-0.15, -0.1) is 0 Å². The topological polar surface area (TPSA) is 33.1 Å². The molecule has 1 saturated carbocycles. The Balaban J connectivity index is 2.10. The van der Waals surface area contributed by atoms with Crippen LogP contribution in [0.5, 0.6) is 0 Å².